The average molecular weight is 447 g/mol. The Balaban J connectivity index is 1.28. The summed E-state index contributed by atoms with van der Waals surface area (Å²) in [5.74, 6) is 0.382. The zero-order valence-corrected chi connectivity index (χ0v) is 19.4. The normalized spacial score (nSPS) is 29.9. The third kappa shape index (κ3) is 4.64. The van der Waals surface area contributed by atoms with E-state index >= 15 is 0 Å². The first-order chi connectivity index (χ1) is 15.4. The Morgan fingerprint density at radius 2 is 1.53 bits per heavy atom. The maximum Gasteiger partial charge on any atom is 0.325 e. The summed E-state index contributed by atoms with van der Waals surface area (Å²) in [6, 6.07) is -0.440. The molecule has 4 fully saturated rings. The van der Waals surface area contributed by atoms with Gasteiger partial charge in [0.05, 0.1) is 0 Å². The number of urea groups is 1. The van der Waals surface area contributed by atoms with E-state index in [0.717, 1.165) is 50.1 Å². The topological polar surface area (TPSA) is 90.0 Å². The molecule has 0 aromatic heterocycles. The van der Waals surface area contributed by atoms with Crippen molar-refractivity contribution >= 4 is 23.8 Å². The Labute approximate surface area is 191 Å². The summed E-state index contributed by atoms with van der Waals surface area (Å²) in [6.45, 7) is 4.68. The lowest BCUT2D eigenvalue weighted by atomic mass is 9.75. The number of piperidine rings is 1. The number of rotatable bonds is 4. The predicted molar refractivity (Wildman–Crippen MR) is 120 cm³/mol. The van der Waals surface area contributed by atoms with Gasteiger partial charge in [-0.1, -0.05) is 26.2 Å². The fourth-order valence-electron chi connectivity index (χ4n) is 5.90. The summed E-state index contributed by atoms with van der Waals surface area (Å²) >= 11 is 0. The number of carbonyl (C=O) groups excluding carboxylic acids is 4. The SMILES string of the molecule is CCC1CCC2(CC1)NC(=O)N(CC(=O)N1CCC(C(=O)N3CCCCCC3)CC1)C2=O. The molecule has 1 aliphatic carbocycles. The lowest BCUT2D eigenvalue weighted by Crippen LogP contribution is -2.51. The highest BCUT2D eigenvalue weighted by Crippen LogP contribution is 2.37. The van der Waals surface area contributed by atoms with E-state index in [9.17, 15) is 19.2 Å². The standard InChI is InChI=1S/C24H38N4O4/c1-2-18-7-11-24(12-8-18)22(31)28(23(32)25-24)17-20(29)26-15-9-19(10-16-26)21(30)27-13-5-3-4-6-14-27/h18-19H,2-17H2,1H3,(H,25,32). The van der Waals surface area contributed by atoms with Gasteiger partial charge in [0.15, 0.2) is 0 Å². The van der Waals surface area contributed by atoms with Crippen molar-refractivity contribution < 1.29 is 19.2 Å². The van der Waals surface area contributed by atoms with Gasteiger partial charge in [0.1, 0.15) is 12.1 Å². The fourth-order valence-corrected chi connectivity index (χ4v) is 5.90. The van der Waals surface area contributed by atoms with Crippen molar-refractivity contribution in [1.82, 2.24) is 20.0 Å². The molecule has 1 saturated carbocycles. The van der Waals surface area contributed by atoms with Gasteiger partial charge in [0, 0.05) is 32.1 Å². The predicted octanol–water partition coefficient (Wildman–Crippen LogP) is 2.52. The lowest BCUT2D eigenvalue weighted by Gasteiger charge is -2.35. The molecule has 3 aliphatic heterocycles. The molecular formula is C24H38N4O4. The van der Waals surface area contributed by atoms with Crippen LogP contribution in [0.4, 0.5) is 4.79 Å². The minimum atomic E-state index is -0.810. The van der Waals surface area contributed by atoms with E-state index in [1.165, 1.54) is 12.8 Å². The fraction of sp³-hybridized carbons (Fsp3) is 0.833. The first-order valence-electron chi connectivity index (χ1n) is 12.6. The molecule has 8 nitrogen and oxygen atoms in total. The Morgan fingerprint density at radius 1 is 0.906 bits per heavy atom. The molecule has 4 rings (SSSR count). The highest BCUT2D eigenvalue weighted by Gasteiger charge is 2.52. The van der Waals surface area contributed by atoms with E-state index in [0.29, 0.717) is 44.7 Å². The summed E-state index contributed by atoms with van der Waals surface area (Å²) < 4.78 is 0. The number of hydrogen-bond acceptors (Lipinski definition) is 4. The maximum absolute atomic E-state index is 13.1. The number of carbonyl (C=O) groups is 4. The summed E-state index contributed by atoms with van der Waals surface area (Å²) in [4.78, 5) is 56.2. The Bertz CT molecular complexity index is 730. The molecule has 0 radical (unpaired) electrons. The number of likely N-dealkylation sites (tertiary alicyclic amines) is 2. The van der Waals surface area contributed by atoms with Crippen molar-refractivity contribution in [3.05, 3.63) is 0 Å². The van der Waals surface area contributed by atoms with E-state index in [2.05, 4.69) is 12.2 Å². The zero-order chi connectivity index (χ0) is 22.7. The Kier molecular flexibility index (Phi) is 7.05. The van der Waals surface area contributed by atoms with Crippen LogP contribution >= 0.6 is 0 Å². The van der Waals surface area contributed by atoms with Crippen LogP contribution in [0, 0.1) is 11.8 Å². The number of nitrogens with one attached hydrogen (secondary N) is 1. The molecule has 0 unspecified atom stereocenters. The van der Waals surface area contributed by atoms with Gasteiger partial charge in [0.2, 0.25) is 11.8 Å². The van der Waals surface area contributed by atoms with Gasteiger partial charge in [-0.25, -0.2) is 4.79 Å². The molecule has 5 amide bonds. The number of hydrogen-bond donors (Lipinski definition) is 1. The molecule has 178 valence electrons. The first kappa shape index (κ1) is 23.1. The Hall–Kier alpha value is -2.12. The smallest absolute Gasteiger partial charge is 0.325 e. The first-order valence-corrected chi connectivity index (χ1v) is 12.6. The van der Waals surface area contributed by atoms with E-state index in [1.807, 2.05) is 4.90 Å². The van der Waals surface area contributed by atoms with E-state index < -0.39 is 11.6 Å². The van der Waals surface area contributed by atoms with Crippen LogP contribution in [0.3, 0.4) is 0 Å². The van der Waals surface area contributed by atoms with Crippen LogP contribution in [-0.2, 0) is 14.4 Å². The molecule has 0 aromatic rings. The highest BCUT2D eigenvalue weighted by molar-refractivity contribution is 6.09. The third-order valence-electron chi connectivity index (χ3n) is 8.19. The molecule has 1 N–H and O–H groups in total. The highest BCUT2D eigenvalue weighted by atomic mass is 16.2. The summed E-state index contributed by atoms with van der Waals surface area (Å²) in [6.07, 6.45) is 10.1. The second-order valence-electron chi connectivity index (χ2n) is 10.1. The van der Waals surface area contributed by atoms with Gasteiger partial charge >= 0.3 is 6.03 Å². The van der Waals surface area contributed by atoms with E-state index in [4.69, 9.17) is 0 Å². The molecule has 0 aromatic carbocycles. The van der Waals surface area contributed by atoms with Gasteiger partial charge < -0.3 is 15.1 Å². The molecule has 32 heavy (non-hydrogen) atoms. The van der Waals surface area contributed by atoms with Crippen LogP contribution < -0.4 is 5.32 Å². The number of imide groups is 1. The molecule has 3 saturated heterocycles. The molecule has 4 aliphatic rings. The van der Waals surface area contributed by atoms with Crippen molar-refractivity contribution in [2.75, 3.05) is 32.7 Å². The zero-order valence-electron chi connectivity index (χ0n) is 19.4. The van der Waals surface area contributed by atoms with Crippen molar-refractivity contribution in [1.29, 1.82) is 0 Å². The largest absolute Gasteiger partial charge is 0.342 e. The minimum Gasteiger partial charge on any atom is -0.342 e. The van der Waals surface area contributed by atoms with Crippen LogP contribution in [0.1, 0.15) is 77.6 Å². The van der Waals surface area contributed by atoms with Gasteiger partial charge in [0.25, 0.3) is 5.91 Å². The monoisotopic (exact) mass is 446 g/mol. The van der Waals surface area contributed by atoms with Crippen LogP contribution in [0.15, 0.2) is 0 Å². The van der Waals surface area contributed by atoms with Crippen LogP contribution in [0.25, 0.3) is 0 Å². The van der Waals surface area contributed by atoms with Crippen LogP contribution in [-0.4, -0.2) is 76.7 Å². The molecular weight excluding hydrogens is 408 g/mol. The quantitative estimate of drug-likeness (QED) is 0.672. The Morgan fingerprint density at radius 3 is 2.12 bits per heavy atom. The van der Waals surface area contributed by atoms with E-state index in [1.54, 1.807) is 4.90 Å². The average Bonchev–Trinajstić information content (AvgIpc) is 3.01. The molecule has 3 heterocycles. The van der Waals surface area contributed by atoms with Gasteiger partial charge in [-0.2, -0.15) is 0 Å². The third-order valence-corrected chi connectivity index (χ3v) is 8.19. The van der Waals surface area contributed by atoms with Crippen molar-refractivity contribution in [2.45, 2.75) is 83.1 Å². The summed E-state index contributed by atoms with van der Waals surface area (Å²) in [5, 5.41) is 2.90. The lowest BCUT2D eigenvalue weighted by molar-refractivity contribution is -0.143. The number of nitrogens with zero attached hydrogens (tertiary/aromatic N) is 3. The second-order valence-corrected chi connectivity index (χ2v) is 10.1. The molecule has 1 spiro atoms. The molecule has 0 atom stereocenters. The van der Waals surface area contributed by atoms with Crippen molar-refractivity contribution in [3.63, 3.8) is 0 Å². The number of amides is 5. The molecule has 8 heteroatoms. The summed E-state index contributed by atoms with van der Waals surface area (Å²) in [7, 11) is 0. The maximum atomic E-state index is 13.1. The van der Waals surface area contributed by atoms with Gasteiger partial charge in [-0.05, 0) is 57.3 Å². The van der Waals surface area contributed by atoms with E-state index in [-0.39, 0.29) is 30.2 Å². The van der Waals surface area contributed by atoms with Crippen LogP contribution in [0.5, 0.6) is 0 Å². The van der Waals surface area contributed by atoms with Crippen molar-refractivity contribution in [2.24, 2.45) is 11.8 Å². The summed E-state index contributed by atoms with van der Waals surface area (Å²) in [5.41, 5.74) is -0.810. The second kappa shape index (κ2) is 9.79. The van der Waals surface area contributed by atoms with Gasteiger partial charge in [-0.3, -0.25) is 19.3 Å². The van der Waals surface area contributed by atoms with Crippen LogP contribution in [0.2, 0.25) is 0 Å². The van der Waals surface area contributed by atoms with Gasteiger partial charge in [-0.15, -0.1) is 0 Å². The minimum absolute atomic E-state index is 0.0223. The molecule has 0 bridgehead atoms. The van der Waals surface area contributed by atoms with Crippen molar-refractivity contribution in [3.8, 4) is 0 Å².